The molecule has 0 spiro atoms. The average Bonchev–Trinajstić information content (AvgIpc) is 3.74. The monoisotopic (exact) mass is 594 g/mol. The Morgan fingerprint density at radius 1 is 0.733 bits per heavy atom. The summed E-state index contributed by atoms with van der Waals surface area (Å²) in [7, 11) is 0. The van der Waals surface area contributed by atoms with E-state index in [0.29, 0.717) is 11.8 Å². The van der Waals surface area contributed by atoms with E-state index in [1.165, 1.54) is 120 Å². The molecule has 6 rings (SSSR count). The molecular weight excluding hydrogens is 540 g/mol. The van der Waals surface area contributed by atoms with Crippen molar-refractivity contribution in [2.45, 2.75) is 103 Å². The fraction of sp³-hybridized carbons (Fsp3) is 0.422. The van der Waals surface area contributed by atoms with Gasteiger partial charge in [0.2, 0.25) is 0 Å². The van der Waals surface area contributed by atoms with Gasteiger partial charge in [-0.1, -0.05) is 130 Å². The van der Waals surface area contributed by atoms with E-state index in [-0.39, 0.29) is 0 Å². The highest BCUT2D eigenvalue weighted by atomic mass is 14.3. The van der Waals surface area contributed by atoms with Crippen LogP contribution in [0, 0.1) is 17.8 Å². The van der Waals surface area contributed by atoms with E-state index in [1.807, 2.05) is 0 Å². The van der Waals surface area contributed by atoms with Crippen LogP contribution < -0.4 is 0 Å². The average molecular weight is 595 g/mol. The minimum atomic E-state index is 0.498. The molecule has 1 fully saturated rings. The van der Waals surface area contributed by atoms with Crippen molar-refractivity contribution in [2.75, 3.05) is 0 Å². The molecule has 45 heavy (non-hydrogen) atoms. The molecule has 4 aliphatic rings. The van der Waals surface area contributed by atoms with Crippen LogP contribution in [-0.2, 0) is 12.8 Å². The van der Waals surface area contributed by atoms with Crippen LogP contribution >= 0.6 is 0 Å². The Balaban J connectivity index is 1.24. The maximum absolute atomic E-state index is 4.81. The zero-order valence-electron chi connectivity index (χ0n) is 27.7. The van der Waals surface area contributed by atoms with Gasteiger partial charge in [0.05, 0.1) is 0 Å². The summed E-state index contributed by atoms with van der Waals surface area (Å²) in [5.41, 5.74) is 14.0. The van der Waals surface area contributed by atoms with Crippen LogP contribution in [0.15, 0.2) is 132 Å². The summed E-state index contributed by atoms with van der Waals surface area (Å²) >= 11 is 0. The molecule has 234 valence electrons. The normalized spacial score (nSPS) is 23.4. The Kier molecular flexibility index (Phi) is 10.7. The van der Waals surface area contributed by atoms with Crippen molar-refractivity contribution in [1.82, 2.24) is 0 Å². The van der Waals surface area contributed by atoms with Gasteiger partial charge in [0.1, 0.15) is 0 Å². The van der Waals surface area contributed by atoms with Crippen molar-refractivity contribution >= 4 is 5.57 Å². The first-order valence-corrected chi connectivity index (χ1v) is 18.0. The van der Waals surface area contributed by atoms with Gasteiger partial charge in [0.15, 0.2) is 0 Å². The van der Waals surface area contributed by atoms with Crippen LogP contribution in [-0.4, -0.2) is 0 Å². The molecule has 4 bridgehead atoms. The summed E-state index contributed by atoms with van der Waals surface area (Å²) in [6.07, 6.45) is 29.4. The van der Waals surface area contributed by atoms with Crippen LogP contribution in [0.3, 0.4) is 0 Å². The smallest absolute Gasteiger partial charge is 0.000985 e. The van der Waals surface area contributed by atoms with Gasteiger partial charge in [-0.05, 0) is 145 Å². The standard InChI is InChI=1S/C45H54/c1-33-15-10-11-19-37-20-14-24-41(29-37)42-26-25-40(30-42)34(2)27-44-31-43(38-21-8-5-9-22-38)32-45(44)35(3)28-39(33)23-13-12-18-36-16-6-4-7-17-36/h4,6-7,14,16-17,20,24-25,29-32,38-39,43H,1-3,5,8-13,15,18-19,21-23,26-28H2. The first-order chi connectivity index (χ1) is 22.0. The Bertz CT molecular complexity index is 1500. The van der Waals surface area contributed by atoms with E-state index in [0.717, 1.165) is 44.4 Å². The van der Waals surface area contributed by atoms with Gasteiger partial charge in [0.25, 0.3) is 0 Å². The lowest BCUT2D eigenvalue weighted by molar-refractivity contribution is 0.319. The molecule has 0 nitrogen and oxygen atoms in total. The van der Waals surface area contributed by atoms with Crippen LogP contribution in [0.25, 0.3) is 5.57 Å². The van der Waals surface area contributed by atoms with Gasteiger partial charge in [0, 0.05) is 0 Å². The highest BCUT2D eigenvalue weighted by Crippen LogP contribution is 2.44. The predicted octanol–water partition coefficient (Wildman–Crippen LogP) is 12.7. The number of allylic oxidation sites excluding steroid dienone is 11. The molecule has 0 radical (unpaired) electrons. The van der Waals surface area contributed by atoms with Gasteiger partial charge in [-0.15, -0.1) is 0 Å². The topological polar surface area (TPSA) is 0 Å². The second kappa shape index (κ2) is 15.3. The van der Waals surface area contributed by atoms with Crippen LogP contribution in [0.4, 0.5) is 0 Å². The minimum absolute atomic E-state index is 0.498. The van der Waals surface area contributed by atoms with E-state index in [4.69, 9.17) is 13.2 Å². The summed E-state index contributed by atoms with van der Waals surface area (Å²) in [5, 5.41) is 0. The molecule has 0 heteroatoms. The summed E-state index contributed by atoms with van der Waals surface area (Å²) in [6.45, 7) is 14.2. The molecule has 0 N–H and O–H groups in total. The number of fused-ring (bicyclic) bond motifs is 5. The predicted molar refractivity (Wildman–Crippen MR) is 195 cm³/mol. The number of hydrogen-bond donors (Lipinski definition) is 0. The van der Waals surface area contributed by atoms with Crippen molar-refractivity contribution in [2.24, 2.45) is 17.8 Å². The van der Waals surface area contributed by atoms with Crippen LogP contribution in [0.5, 0.6) is 0 Å². The third-order valence-electron chi connectivity index (χ3n) is 11.0. The van der Waals surface area contributed by atoms with Gasteiger partial charge < -0.3 is 0 Å². The van der Waals surface area contributed by atoms with E-state index in [9.17, 15) is 0 Å². The molecule has 2 atom stereocenters. The Hall–Kier alpha value is -3.38. The SMILES string of the molecule is C=C1CC2=CC(C3CCCCC3)C=C2C(=C)CC(CCCCc2ccccc2)C(=C)CCCCc2cccc(c2)C2=CC1=CC2. The van der Waals surface area contributed by atoms with Crippen molar-refractivity contribution in [1.29, 1.82) is 0 Å². The lowest BCUT2D eigenvalue weighted by atomic mass is 9.80. The molecule has 0 amide bonds. The number of unbranched alkanes of at least 4 members (excludes halogenated alkanes) is 1. The van der Waals surface area contributed by atoms with Crippen molar-refractivity contribution in [3.8, 4) is 0 Å². The Morgan fingerprint density at radius 3 is 2.40 bits per heavy atom. The maximum Gasteiger partial charge on any atom is -0.000985 e. The zero-order chi connectivity index (χ0) is 31.0. The second-order valence-electron chi connectivity index (χ2n) is 14.4. The third kappa shape index (κ3) is 8.26. The third-order valence-corrected chi connectivity index (χ3v) is 11.0. The van der Waals surface area contributed by atoms with Crippen LogP contribution in [0.1, 0.15) is 107 Å². The molecular formula is C45H54. The fourth-order valence-corrected chi connectivity index (χ4v) is 8.30. The van der Waals surface area contributed by atoms with E-state index < -0.39 is 0 Å². The summed E-state index contributed by atoms with van der Waals surface area (Å²) in [4.78, 5) is 0. The van der Waals surface area contributed by atoms with Gasteiger partial charge in [-0.2, -0.15) is 0 Å². The highest BCUT2D eigenvalue weighted by Gasteiger charge is 2.29. The van der Waals surface area contributed by atoms with Crippen molar-refractivity contribution < 1.29 is 0 Å². The van der Waals surface area contributed by atoms with Crippen LogP contribution in [0.2, 0.25) is 0 Å². The largest absolute Gasteiger partial charge is 0.0996 e. The molecule has 4 aliphatic carbocycles. The second-order valence-corrected chi connectivity index (χ2v) is 14.4. The summed E-state index contributed by atoms with van der Waals surface area (Å²) in [5.74, 6) is 1.83. The molecule has 0 saturated heterocycles. The number of rotatable bonds is 6. The van der Waals surface area contributed by atoms with Crippen molar-refractivity contribution in [3.63, 3.8) is 0 Å². The molecule has 1 saturated carbocycles. The highest BCUT2D eigenvalue weighted by molar-refractivity contribution is 5.75. The fourth-order valence-electron chi connectivity index (χ4n) is 8.30. The van der Waals surface area contributed by atoms with E-state index >= 15 is 0 Å². The Labute approximate surface area is 274 Å². The molecule has 0 heterocycles. The van der Waals surface area contributed by atoms with Gasteiger partial charge >= 0.3 is 0 Å². The minimum Gasteiger partial charge on any atom is -0.0996 e. The maximum atomic E-state index is 4.81. The summed E-state index contributed by atoms with van der Waals surface area (Å²) in [6, 6.07) is 20.2. The number of benzene rings is 2. The molecule has 2 aromatic rings. The Morgan fingerprint density at radius 2 is 1.56 bits per heavy atom. The van der Waals surface area contributed by atoms with Gasteiger partial charge in [-0.3, -0.25) is 0 Å². The first-order valence-electron chi connectivity index (χ1n) is 18.0. The number of aryl methyl sites for hydroxylation is 2. The lowest BCUT2D eigenvalue weighted by Gasteiger charge is -2.25. The van der Waals surface area contributed by atoms with Gasteiger partial charge in [-0.25, -0.2) is 0 Å². The molecule has 2 unspecified atom stereocenters. The van der Waals surface area contributed by atoms with E-state index in [1.54, 1.807) is 0 Å². The first kappa shape index (κ1) is 31.6. The number of hydrogen-bond acceptors (Lipinski definition) is 0. The molecule has 0 aliphatic heterocycles. The van der Waals surface area contributed by atoms with Crippen molar-refractivity contribution in [3.05, 3.63) is 149 Å². The molecule has 0 aromatic heterocycles. The zero-order valence-corrected chi connectivity index (χ0v) is 27.7. The van der Waals surface area contributed by atoms with E-state index in [2.05, 4.69) is 85.5 Å². The quantitative estimate of drug-likeness (QED) is 0.230. The molecule has 2 aromatic carbocycles. The summed E-state index contributed by atoms with van der Waals surface area (Å²) < 4.78 is 0. The lowest BCUT2D eigenvalue weighted by Crippen LogP contribution is -2.13.